The first-order valence-electron chi connectivity index (χ1n) is 8.79. The summed E-state index contributed by atoms with van der Waals surface area (Å²) >= 11 is 12.3. The zero-order chi connectivity index (χ0) is 22.1. The van der Waals surface area contributed by atoms with Crippen LogP contribution >= 0.6 is 23.2 Å². The number of halogens is 2. The van der Waals surface area contributed by atoms with E-state index in [1.54, 1.807) is 0 Å². The quantitative estimate of drug-likeness (QED) is 0.492. The molecule has 160 valence electrons. The number of sulfone groups is 1. The molecule has 1 amide bonds. The van der Waals surface area contributed by atoms with Crippen LogP contribution in [0.25, 0.3) is 0 Å². The van der Waals surface area contributed by atoms with Gasteiger partial charge in [0.05, 0.1) is 15.8 Å². The lowest BCUT2D eigenvalue weighted by Gasteiger charge is -2.13. The van der Waals surface area contributed by atoms with Gasteiger partial charge in [0.2, 0.25) is 5.91 Å². The number of carboxylic acid groups (broad SMARTS) is 1. The molecule has 0 atom stereocenters. The van der Waals surface area contributed by atoms with E-state index in [2.05, 4.69) is 5.32 Å². The number of nitrogens with one attached hydrogen (secondary N) is 1. The first-order chi connectivity index (χ1) is 14.0. The number of hydrogen-bond acceptors (Lipinski definition) is 6. The Morgan fingerprint density at radius 2 is 1.77 bits per heavy atom. The Labute approximate surface area is 182 Å². The number of anilines is 1. The molecule has 0 spiro atoms. The third kappa shape index (κ3) is 5.56. The topological polar surface area (TPSA) is 130 Å². The van der Waals surface area contributed by atoms with Crippen LogP contribution in [0.3, 0.4) is 0 Å². The number of aromatic hydroxyl groups is 1. The van der Waals surface area contributed by atoms with E-state index >= 15 is 0 Å². The normalized spacial score (nSPS) is 13.7. The number of carbonyl (C=O) groups excluding carboxylic acids is 1. The molecule has 0 saturated heterocycles. The number of phenols is 1. The molecule has 0 heterocycles. The zero-order valence-corrected chi connectivity index (χ0v) is 17.7. The Kier molecular flexibility index (Phi) is 6.44. The molecule has 0 aromatic heterocycles. The summed E-state index contributed by atoms with van der Waals surface area (Å²) in [5, 5.41) is 21.0. The summed E-state index contributed by atoms with van der Waals surface area (Å²) in [6, 6.07) is 6.39. The molecule has 30 heavy (non-hydrogen) atoms. The molecule has 0 unspecified atom stereocenters. The van der Waals surface area contributed by atoms with Gasteiger partial charge in [0.1, 0.15) is 22.8 Å². The van der Waals surface area contributed by atoms with Crippen LogP contribution in [0, 0.1) is 5.92 Å². The van der Waals surface area contributed by atoms with Crippen molar-refractivity contribution in [1.29, 1.82) is 0 Å². The minimum atomic E-state index is -3.68. The van der Waals surface area contributed by atoms with Crippen molar-refractivity contribution in [3.8, 4) is 17.2 Å². The van der Waals surface area contributed by atoms with Crippen molar-refractivity contribution in [2.45, 2.75) is 24.2 Å². The van der Waals surface area contributed by atoms with E-state index in [1.807, 2.05) is 0 Å². The summed E-state index contributed by atoms with van der Waals surface area (Å²) in [5.74, 6) is -2.27. The molecule has 1 saturated carbocycles. The molecular weight excluding hydrogens is 457 g/mol. The fraction of sp³-hybridized carbons (Fsp3) is 0.263. The van der Waals surface area contributed by atoms with Gasteiger partial charge in [-0.3, -0.25) is 9.59 Å². The third-order valence-electron chi connectivity index (χ3n) is 4.23. The van der Waals surface area contributed by atoms with Crippen molar-refractivity contribution in [3.63, 3.8) is 0 Å². The maximum atomic E-state index is 12.5. The van der Waals surface area contributed by atoms with Crippen molar-refractivity contribution in [2.75, 3.05) is 11.1 Å². The van der Waals surface area contributed by atoms with E-state index in [0.29, 0.717) is 0 Å². The highest BCUT2D eigenvalue weighted by molar-refractivity contribution is 7.91. The molecule has 2 aromatic carbocycles. The van der Waals surface area contributed by atoms with Gasteiger partial charge in [0, 0.05) is 11.8 Å². The molecule has 2 aromatic rings. The fourth-order valence-corrected chi connectivity index (χ4v) is 5.06. The average Bonchev–Trinajstić information content (AvgIpc) is 3.41. The van der Waals surface area contributed by atoms with Crippen LogP contribution in [-0.4, -0.2) is 36.3 Å². The smallest absolute Gasteiger partial charge is 0.312 e. The first-order valence-corrected chi connectivity index (χ1v) is 11.2. The zero-order valence-electron chi connectivity index (χ0n) is 15.4. The highest BCUT2D eigenvalue weighted by atomic mass is 35.5. The molecule has 1 aliphatic carbocycles. The Hall–Kier alpha value is -2.49. The summed E-state index contributed by atoms with van der Waals surface area (Å²) in [6.07, 6.45) is 0.965. The molecule has 0 radical (unpaired) electrons. The number of amides is 1. The van der Waals surface area contributed by atoms with Crippen LogP contribution in [0.5, 0.6) is 17.2 Å². The molecular formula is C19H17Cl2NO7S. The molecule has 1 fully saturated rings. The van der Waals surface area contributed by atoms with Crippen molar-refractivity contribution >= 4 is 50.6 Å². The van der Waals surface area contributed by atoms with Gasteiger partial charge in [-0.2, -0.15) is 0 Å². The SMILES string of the molecule is O=C(O)CC(=O)Nc1cc(Cl)c(Oc2ccc(O)c(S(=O)(=O)CC3CC3)c2)c(Cl)c1. The number of hydrogen-bond donors (Lipinski definition) is 3. The Morgan fingerprint density at radius 1 is 1.13 bits per heavy atom. The lowest BCUT2D eigenvalue weighted by atomic mass is 10.2. The second-order valence-electron chi connectivity index (χ2n) is 6.84. The standard InChI is InChI=1S/C19H17Cl2NO7S/c20-13-5-11(22-17(24)8-18(25)26)6-14(21)19(13)29-12-3-4-15(23)16(7-12)30(27,28)9-10-1-2-10/h3-7,10,23H,1-2,8-9H2,(H,22,24)(H,25,26). The highest BCUT2D eigenvalue weighted by Gasteiger charge is 2.31. The van der Waals surface area contributed by atoms with Crippen LogP contribution < -0.4 is 10.1 Å². The molecule has 11 heteroatoms. The third-order valence-corrected chi connectivity index (χ3v) is 6.70. The average molecular weight is 474 g/mol. The molecule has 0 aliphatic heterocycles. The highest BCUT2D eigenvalue weighted by Crippen LogP contribution is 2.41. The maximum absolute atomic E-state index is 12.5. The van der Waals surface area contributed by atoms with Crippen molar-refractivity contribution in [2.24, 2.45) is 5.92 Å². The number of benzene rings is 2. The van der Waals surface area contributed by atoms with E-state index in [1.165, 1.54) is 30.3 Å². The summed E-state index contributed by atoms with van der Waals surface area (Å²) < 4.78 is 30.7. The number of carbonyl (C=O) groups is 2. The van der Waals surface area contributed by atoms with E-state index in [9.17, 15) is 23.1 Å². The van der Waals surface area contributed by atoms with Gasteiger partial charge in [-0.1, -0.05) is 23.2 Å². The van der Waals surface area contributed by atoms with Crippen molar-refractivity contribution < 1.29 is 33.0 Å². The minimum absolute atomic E-state index is 0.00332. The van der Waals surface area contributed by atoms with Crippen LogP contribution in [0.1, 0.15) is 19.3 Å². The van der Waals surface area contributed by atoms with Crippen molar-refractivity contribution in [3.05, 3.63) is 40.4 Å². The number of rotatable bonds is 8. The van der Waals surface area contributed by atoms with Gasteiger partial charge in [-0.05, 0) is 43.0 Å². The van der Waals surface area contributed by atoms with Crippen LogP contribution in [-0.2, 0) is 19.4 Å². The second-order valence-corrected chi connectivity index (χ2v) is 9.66. The summed E-state index contributed by atoms with van der Waals surface area (Å²) in [4.78, 5) is 21.9. The van der Waals surface area contributed by atoms with Gasteiger partial charge in [-0.25, -0.2) is 8.42 Å². The fourth-order valence-electron chi connectivity index (χ4n) is 2.68. The summed E-state index contributed by atoms with van der Waals surface area (Å²) in [7, 11) is -3.68. The van der Waals surface area contributed by atoms with E-state index < -0.39 is 28.1 Å². The molecule has 3 rings (SSSR count). The summed E-state index contributed by atoms with van der Waals surface area (Å²) in [6.45, 7) is 0. The molecule has 8 nitrogen and oxygen atoms in total. The van der Waals surface area contributed by atoms with E-state index in [-0.39, 0.29) is 49.5 Å². The van der Waals surface area contributed by atoms with E-state index in [4.69, 9.17) is 33.0 Å². The number of phenolic OH excluding ortho intramolecular Hbond substituents is 1. The van der Waals surface area contributed by atoms with Crippen LogP contribution in [0.15, 0.2) is 35.2 Å². The van der Waals surface area contributed by atoms with Gasteiger partial charge >= 0.3 is 5.97 Å². The lowest BCUT2D eigenvalue weighted by Crippen LogP contribution is -2.15. The number of carboxylic acids is 1. The van der Waals surface area contributed by atoms with Gasteiger partial charge in [0.15, 0.2) is 15.6 Å². The predicted molar refractivity (Wildman–Crippen MR) is 110 cm³/mol. The monoisotopic (exact) mass is 473 g/mol. The molecule has 1 aliphatic rings. The van der Waals surface area contributed by atoms with Crippen LogP contribution in [0.4, 0.5) is 5.69 Å². The Balaban J connectivity index is 1.83. The Bertz CT molecular complexity index is 1090. The van der Waals surface area contributed by atoms with Gasteiger partial charge in [0.25, 0.3) is 0 Å². The van der Waals surface area contributed by atoms with Crippen molar-refractivity contribution in [1.82, 2.24) is 0 Å². The van der Waals surface area contributed by atoms with Crippen LogP contribution in [0.2, 0.25) is 10.0 Å². The van der Waals surface area contributed by atoms with E-state index in [0.717, 1.165) is 12.8 Å². The molecule has 0 bridgehead atoms. The number of ether oxygens (including phenoxy) is 1. The number of aliphatic carboxylic acids is 1. The minimum Gasteiger partial charge on any atom is -0.507 e. The largest absolute Gasteiger partial charge is 0.507 e. The summed E-state index contributed by atoms with van der Waals surface area (Å²) in [5.41, 5.74) is 0.169. The van der Waals surface area contributed by atoms with Gasteiger partial charge < -0.3 is 20.3 Å². The first kappa shape index (κ1) is 22.2. The Morgan fingerprint density at radius 3 is 2.33 bits per heavy atom. The molecule has 3 N–H and O–H groups in total. The predicted octanol–water partition coefficient (Wildman–Crippen LogP) is 4.09. The lowest BCUT2D eigenvalue weighted by molar-refractivity contribution is -0.139. The maximum Gasteiger partial charge on any atom is 0.312 e. The second kappa shape index (κ2) is 8.71. The van der Waals surface area contributed by atoms with Gasteiger partial charge in [-0.15, -0.1) is 0 Å².